The number of unbranched alkanes of at least 4 members (excludes halogenated alkanes) is 16. The molecule has 0 aromatic carbocycles. The van der Waals surface area contributed by atoms with E-state index in [-0.39, 0.29) is 12.6 Å². The van der Waals surface area contributed by atoms with Crippen molar-refractivity contribution in [2.75, 3.05) is 13.3 Å². The predicted molar refractivity (Wildman–Crippen MR) is 106 cm³/mol. The van der Waals surface area contributed by atoms with Gasteiger partial charge in [0.2, 0.25) is 0 Å². The highest BCUT2D eigenvalue weighted by molar-refractivity contribution is 5.69. The number of alkyl halides is 1. The highest BCUT2D eigenvalue weighted by Crippen LogP contribution is 2.14. The summed E-state index contributed by atoms with van der Waals surface area (Å²) in [6.45, 7) is 2.22. The van der Waals surface area contributed by atoms with Crippen LogP contribution in [0, 0.1) is 0 Å². The Hall–Kier alpha value is -0.600. The number of esters is 1. The summed E-state index contributed by atoms with van der Waals surface area (Å²) < 4.78 is 16.8. The van der Waals surface area contributed by atoms with Gasteiger partial charge in [-0.15, -0.1) is 0 Å². The summed E-state index contributed by atoms with van der Waals surface area (Å²) in [7, 11) is 0. The van der Waals surface area contributed by atoms with E-state index in [4.69, 9.17) is 4.74 Å². The van der Waals surface area contributed by atoms with Gasteiger partial charge in [0.05, 0.1) is 13.3 Å². The van der Waals surface area contributed by atoms with Crippen LogP contribution in [0.3, 0.4) is 0 Å². The monoisotopic (exact) mass is 358 g/mol. The molecule has 0 aliphatic rings. The van der Waals surface area contributed by atoms with Crippen LogP contribution in [0.2, 0.25) is 0 Å². The lowest BCUT2D eigenvalue weighted by Crippen LogP contribution is -2.03. The van der Waals surface area contributed by atoms with Crippen molar-refractivity contribution in [2.24, 2.45) is 0 Å². The molecule has 0 unspecified atom stereocenters. The van der Waals surface area contributed by atoms with E-state index in [2.05, 4.69) is 0 Å². The summed E-state index contributed by atoms with van der Waals surface area (Å²) >= 11 is 0. The second kappa shape index (κ2) is 21.4. The average molecular weight is 359 g/mol. The van der Waals surface area contributed by atoms with Crippen LogP contribution in [0.1, 0.15) is 122 Å². The smallest absolute Gasteiger partial charge is 0.305 e. The molecule has 0 aliphatic heterocycles. The van der Waals surface area contributed by atoms with Gasteiger partial charge in [0.25, 0.3) is 0 Å². The third-order valence-corrected chi connectivity index (χ3v) is 4.82. The van der Waals surface area contributed by atoms with Crippen molar-refractivity contribution in [3.63, 3.8) is 0 Å². The average Bonchev–Trinajstić information content (AvgIpc) is 2.61. The first-order chi connectivity index (χ1) is 12.3. The Morgan fingerprint density at radius 1 is 0.600 bits per heavy atom. The Morgan fingerprint density at radius 2 is 0.920 bits per heavy atom. The molecule has 2 nitrogen and oxygen atoms in total. The quantitative estimate of drug-likeness (QED) is 0.166. The maximum absolute atomic E-state index is 11.9. The van der Waals surface area contributed by atoms with Gasteiger partial charge < -0.3 is 4.74 Å². The lowest BCUT2D eigenvalue weighted by molar-refractivity contribution is -0.143. The van der Waals surface area contributed by atoms with Crippen LogP contribution in [0.15, 0.2) is 0 Å². The van der Waals surface area contributed by atoms with Crippen molar-refractivity contribution in [1.29, 1.82) is 0 Å². The van der Waals surface area contributed by atoms with Crippen LogP contribution in [-0.2, 0) is 9.53 Å². The number of hydrogen-bond donors (Lipinski definition) is 0. The Kier molecular flexibility index (Phi) is 20.9. The first-order valence-corrected chi connectivity index (χ1v) is 11.0. The molecule has 0 saturated carbocycles. The Morgan fingerprint density at radius 3 is 1.24 bits per heavy atom. The molecule has 3 heteroatoms. The Balaban J connectivity index is 3.02. The lowest BCUT2D eigenvalue weighted by Gasteiger charge is -2.04. The molecule has 0 aliphatic carbocycles. The highest BCUT2D eigenvalue weighted by Gasteiger charge is 2.00. The fourth-order valence-corrected chi connectivity index (χ4v) is 3.25. The molecule has 0 saturated heterocycles. The molecule has 0 spiro atoms. The summed E-state index contributed by atoms with van der Waals surface area (Å²) in [6, 6.07) is 0. The molecule has 0 aromatic heterocycles. The van der Waals surface area contributed by atoms with Crippen molar-refractivity contribution in [2.45, 2.75) is 122 Å². The van der Waals surface area contributed by atoms with E-state index in [0.29, 0.717) is 13.0 Å². The number of rotatable bonds is 20. The topological polar surface area (TPSA) is 26.3 Å². The molecule has 0 heterocycles. The summed E-state index contributed by atoms with van der Waals surface area (Å²) in [5.74, 6) is -0.0423. The Labute approximate surface area is 156 Å². The van der Waals surface area contributed by atoms with Gasteiger partial charge in [0.15, 0.2) is 0 Å². The van der Waals surface area contributed by atoms with Crippen molar-refractivity contribution in [1.82, 2.24) is 0 Å². The molecule has 0 amide bonds. The zero-order valence-electron chi connectivity index (χ0n) is 16.8. The van der Waals surface area contributed by atoms with Crippen LogP contribution in [0.25, 0.3) is 0 Å². The van der Waals surface area contributed by atoms with E-state index in [1.165, 1.54) is 83.5 Å². The van der Waals surface area contributed by atoms with Gasteiger partial charge in [-0.3, -0.25) is 9.18 Å². The number of carbonyl (C=O) groups excluding carboxylic acids is 1. The van der Waals surface area contributed by atoms with E-state index in [9.17, 15) is 9.18 Å². The lowest BCUT2D eigenvalue weighted by atomic mass is 10.0. The normalized spacial score (nSPS) is 11.0. The number of carbonyl (C=O) groups is 1. The minimum Gasteiger partial charge on any atom is -0.466 e. The van der Waals surface area contributed by atoms with Crippen LogP contribution in [0.4, 0.5) is 4.39 Å². The summed E-state index contributed by atoms with van der Waals surface area (Å²) in [6.07, 6.45) is 22.0. The second-order valence-corrected chi connectivity index (χ2v) is 7.25. The first kappa shape index (κ1) is 24.4. The third-order valence-electron chi connectivity index (χ3n) is 4.82. The summed E-state index contributed by atoms with van der Waals surface area (Å²) in [5.41, 5.74) is 0. The van der Waals surface area contributed by atoms with Gasteiger partial charge in [-0.05, 0) is 19.8 Å². The van der Waals surface area contributed by atoms with Gasteiger partial charge in [0.1, 0.15) is 0 Å². The summed E-state index contributed by atoms with van der Waals surface area (Å²) in [5, 5.41) is 0. The van der Waals surface area contributed by atoms with Gasteiger partial charge in [0, 0.05) is 6.42 Å². The number of ether oxygens (including phenoxy) is 1. The summed E-state index contributed by atoms with van der Waals surface area (Å²) in [4.78, 5) is 11.2. The molecule has 0 rings (SSSR count). The van der Waals surface area contributed by atoms with Crippen LogP contribution < -0.4 is 0 Å². The second-order valence-electron chi connectivity index (χ2n) is 7.25. The van der Waals surface area contributed by atoms with Crippen LogP contribution in [0.5, 0.6) is 0 Å². The maximum atomic E-state index is 11.9. The van der Waals surface area contributed by atoms with Crippen molar-refractivity contribution >= 4 is 5.97 Å². The molecule has 0 aromatic rings. The van der Waals surface area contributed by atoms with E-state index in [0.717, 1.165) is 25.7 Å². The fourth-order valence-electron chi connectivity index (χ4n) is 3.25. The zero-order chi connectivity index (χ0) is 18.4. The van der Waals surface area contributed by atoms with E-state index >= 15 is 0 Å². The highest BCUT2D eigenvalue weighted by atomic mass is 19.1. The minimum atomic E-state index is -0.143. The number of halogens is 1. The zero-order valence-corrected chi connectivity index (χ0v) is 16.8. The van der Waals surface area contributed by atoms with Gasteiger partial charge in [-0.25, -0.2) is 0 Å². The molecule has 0 N–H and O–H groups in total. The van der Waals surface area contributed by atoms with Crippen LogP contribution in [-0.4, -0.2) is 19.3 Å². The molecular formula is C22H43FO2. The predicted octanol–water partition coefficient (Wildman–Crippen LogP) is 7.54. The SMILES string of the molecule is CCOC(=O)CCCCCCCCCCCCCCCCCCCF. The van der Waals surface area contributed by atoms with Gasteiger partial charge in [-0.1, -0.05) is 96.3 Å². The molecule has 150 valence electrons. The third kappa shape index (κ3) is 21.4. The van der Waals surface area contributed by atoms with Crippen molar-refractivity contribution < 1.29 is 13.9 Å². The largest absolute Gasteiger partial charge is 0.466 e. The van der Waals surface area contributed by atoms with Gasteiger partial charge in [-0.2, -0.15) is 0 Å². The van der Waals surface area contributed by atoms with Gasteiger partial charge >= 0.3 is 5.97 Å². The molecule has 0 radical (unpaired) electrons. The minimum absolute atomic E-state index is 0.0423. The maximum Gasteiger partial charge on any atom is 0.305 e. The number of hydrogen-bond acceptors (Lipinski definition) is 2. The first-order valence-electron chi connectivity index (χ1n) is 11.0. The van der Waals surface area contributed by atoms with E-state index < -0.39 is 0 Å². The molecule has 0 atom stereocenters. The molecule has 25 heavy (non-hydrogen) atoms. The van der Waals surface area contributed by atoms with Crippen molar-refractivity contribution in [3.8, 4) is 0 Å². The van der Waals surface area contributed by atoms with Crippen molar-refractivity contribution in [3.05, 3.63) is 0 Å². The Bertz CT molecular complexity index is 269. The van der Waals surface area contributed by atoms with E-state index in [1.54, 1.807) is 0 Å². The molecule has 0 bridgehead atoms. The van der Waals surface area contributed by atoms with Crippen LogP contribution >= 0.6 is 0 Å². The van der Waals surface area contributed by atoms with E-state index in [1.807, 2.05) is 6.92 Å². The fraction of sp³-hybridized carbons (Fsp3) is 0.955. The molecule has 0 fully saturated rings. The molecular weight excluding hydrogens is 315 g/mol. The standard InChI is InChI=1S/C22H43FO2/c1-2-25-22(24)20-18-16-14-12-10-8-6-4-3-5-7-9-11-13-15-17-19-21-23/h2-21H2,1H3.